The van der Waals surface area contributed by atoms with Crippen LogP contribution in [0.5, 0.6) is 5.75 Å². The van der Waals surface area contributed by atoms with E-state index in [4.69, 9.17) is 4.18 Å². The number of hydrogen-bond donors (Lipinski definition) is 0. The number of nitrogens with zero attached hydrogens (tertiary/aromatic N) is 1. The maximum Gasteiger partial charge on any atom is 0.534 e. The molecule has 0 spiro atoms. The Morgan fingerprint density at radius 1 is 0.700 bits per heavy atom. The smallest absolute Gasteiger partial charge is 0.374 e. The van der Waals surface area contributed by atoms with Gasteiger partial charge in [-0.1, -0.05) is 105 Å². The highest BCUT2D eigenvalue weighted by Gasteiger charge is 2.49. The van der Waals surface area contributed by atoms with Gasteiger partial charge in [0.25, 0.3) is 0 Å². The molecule has 0 saturated heterocycles. The van der Waals surface area contributed by atoms with Crippen LogP contribution in [-0.2, 0) is 15.5 Å². The van der Waals surface area contributed by atoms with Gasteiger partial charge in [0.2, 0.25) is 0 Å². The Bertz CT molecular complexity index is 1870. The first kappa shape index (κ1) is 26.0. The molecule has 0 fully saturated rings. The molecule has 1 aliphatic heterocycles. The maximum absolute atomic E-state index is 13.5. The lowest BCUT2D eigenvalue weighted by molar-refractivity contribution is -0.0499. The molecule has 8 heteroatoms. The molecular weight excluding hydrogens is 535 g/mol. The molecule has 4 nitrogen and oxygen atoms in total. The van der Waals surface area contributed by atoms with Gasteiger partial charge >= 0.3 is 15.6 Å². The van der Waals surface area contributed by atoms with Crippen molar-refractivity contribution in [2.45, 2.75) is 24.8 Å². The second-order valence-corrected chi connectivity index (χ2v) is 11.7. The van der Waals surface area contributed by atoms with Gasteiger partial charge in [-0.25, -0.2) is 0 Å². The van der Waals surface area contributed by atoms with Crippen LogP contribution in [-0.4, -0.2) is 13.9 Å². The van der Waals surface area contributed by atoms with Crippen molar-refractivity contribution in [1.29, 1.82) is 0 Å². The molecule has 0 radical (unpaired) electrons. The number of halogens is 3. The van der Waals surface area contributed by atoms with E-state index in [1.165, 1.54) is 6.07 Å². The van der Waals surface area contributed by atoms with E-state index in [1.54, 1.807) is 18.2 Å². The summed E-state index contributed by atoms with van der Waals surface area (Å²) in [6.45, 7) is 4.19. The normalized spacial score (nSPS) is 14.5. The largest absolute Gasteiger partial charge is 0.534 e. The van der Waals surface area contributed by atoms with Gasteiger partial charge in [0, 0.05) is 10.8 Å². The van der Waals surface area contributed by atoms with Crippen LogP contribution in [0.2, 0.25) is 0 Å². The monoisotopic (exact) mass is 559 g/mol. The summed E-state index contributed by atoms with van der Waals surface area (Å²) in [7, 11) is -5.94. The third-order valence-corrected chi connectivity index (χ3v) is 8.37. The van der Waals surface area contributed by atoms with Gasteiger partial charge in [0.05, 0.1) is 17.1 Å². The molecule has 202 valence electrons. The van der Waals surface area contributed by atoms with E-state index in [9.17, 15) is 21.6 Å². The maximum atomic E-state index is 13.5. The van der Waals surface area contributed by atoms with Gasteiger partial charge in [-0.15, -0.1) is 0 Å². The quantitative estimate of drug-likeness (QED) is 0.163. The van der Waals surface area contributed by atoms with Crippen molar-refractivity contribution >= 4 is 38.0 Å². The summed E-state index contributed by atoms with van der Waals surface area (Å²) >= 11 is 0. The Kier molecular flexibility index (Phi) is 5.92. The summed E-state index contributed by atoms with van der Waals surface area (Å²) < 4.78 is 69.9. The van der Waals surface area contributed by atoms with E-state index >= 15 is 0 Å². The molecule has 40 heavy (non-hydrogen) atoms. The van der Waals surface area contributed by atoms with E-state index in [0.717, 1.165) is 39.0 Å². The van der Waals surface area contributed by atoms with Crippen LogP contribution >= 0.6 is 0 Å². The highest BCUT2D eigenvalue weighted by atomic mass is 32.2. The van der Waals surface area contributed by atoms with Crippen LogP contribution in [0.3, 0.4) is 0 Å². The Balaban J connectivity index is 1.70. The topological polar surface area (TPSA) is 46.6 Å². The first-order chi connectivity index (χ1) is 19.0. The van der Waals surface area contributed by atoms with Gasteiger partial charge in [-0.3, -0.25) is 0 Å². The number of hydrogen-bond acceptors (Lipinski definition) is 4. The Morgan fingerprint density at radius 2 is 1.35 bits per heavy atom. The van der Waals surface area contributed by atoms with E-state index in [2.05, 4.69) is 13.8 Å². The summed E-state index contributed by atoms with van der Waals surface area (Å²) in [6, 6.07) is 33.4. The number of alkyl halides is 3. The van der Waals surface area contributed by atoms with Gasteiger partial charge in [0.1, 0.15) is 0 Å². The van der Waals surface area contributed by atoms with Crippen molar-refractivity contribution in [3.05, 3.63) is 120 Å². The molecule has 0 aromatic heterocycles. The van der Waals surface area contributed by atoms with E-state index in [1.807, 2.05) is 89.8 Å². The minimum atomic E-state index is -5.94. The minimum Gasteiger partial charge on any atom is -0.374 e. The predicted molar refractivity (Wildman–Crippen MR) is 152 cm³/mol. The predicted octanol–water partition coefficient (Wildman–Crippen LogP) is 8.84. The zero-order chi connectivity index (χ0) is 28.3. The fraction of sp³-hybridized carbons (Fsp3) is 0.125. The number of rotatable bonds is 4. The highest BCUT2D eigenvalue weighted by molar-refractivity contribution is 7.88. The van der Waals surface area contributed by atoms with Crippen LogP contribution in [0.4, 0.5) is 30.2 Å². The molecule has 0 saturated carbocycles. The van der Waals surface area contributed by atoms with E-state index < -0.39 is 26.8 Å². The lowest BCUT2D eigenvalue weighted by Gasteiger charge is -2.42. The summed E-state index contributed by atoms with van der Waals surface area (Å²) in [5, 5.41) is 1.26. The molecule has 1 aliphatic rings. The van der Waals surface area contributed by atoms with Crippen LogP contribution in [0, 0.1) is 0 Å². The zero-order valence-corrected chi connectivity index (χ0v) is 22.4. The molecule has 1 heterocycles. The summed E-state index contributed by atoms with van der Waals surface area (Å²) in [4.78, 5) is 1.83. The summed E-state index contributed by atoms with van der Waals surface area (Å²) in [5.74, 6) is -0.415. The van der Waals surface area contributed by atoms with Gasteiger partial charge in [-0.2, -0.15) is 21.6 Å². The third-order valence-electron chi connectivity index (χ3n) is 7.41. The lowest BCUT2D eigenvalue weighted by Crippen LogP contribution is -2.32. The van der Waals surface area contributed by atoms with Crippen LogP contribution in [0.15, 0.2) is 109 Å². The second kappa shape index (κ2) is 9.13. The number of benzene rings is 5. The molecule has 0 unspecified atom stereocenters. The molecular formula is C32H24F3NO3S. The second-order valence-electron chi connectivity index (χ2n) is 10.2. The highest BCUT2D eigenvalue weighted by Crippen LogP contribution is 2.55. The van der Waals surface area contributed by atoms with Crippen LogP contribution < -0.4 is 9.08 Å². The van der Waals surface area contributed by atoms with Crippen molar-refractivity contribution in [2.75, 3.05) is 4.90 Å². The van der Waals surface area contributed by atoms with Crippen molar-refractivity contribution < 1.29 is 25.8 Å². The molecule has 0 N–H and O–H groups in total. The van der Waals surface area contributed by atoms with E-state index in [0.29, 0.717) is 5.39 Å². The van der Waals surface area contributed by atoms with Crippen molar-refractivity contribution in [3.63, 3.8) is 0 Å². The van der Waals surface area contributed by atoms with Gasteiger partial charge < -0.3 is 9.08 Å². The van der Waals surface area contributed by atoms with Crippen LogP contribution in [0.1, 0.15) is 25.0 Å². The minimum absolute atomic E-state index is 0.209. The number of anilines is 3. The SMILES string of the molecule is CC1(C)c2ccccc2N(c2c(OS(=O)(=O)C(F)(F)F)ccc3ccccc23)c2cc(-c3ccccc3)ccc21. The average Bonchev–Trinajstić information content (AvgIpc) is 2.93. The molecule has 0 atom stereocenters. The third kappa shape index (κ3) is 4.10. The molecule has 5 aromatic carbocycles. The molecule has 5 aromatic rings. The Hall–Kier alpha value is -4.30. The van der Waals surface area contributed by atoms with Gasteiger partial charge in [-0.05, 0) is 45.8 Å². The van der Waals surface area contributed by atoms with E-state index in [-0.39, 0.29) is 5.69 Å². The molecule has 0 aliphatic carbocycles. The van der Waals surface area contributed by atoms with Crippen LogP contribution in [0.25, 0.3) is 21.9 Å². The summed E-state index contributed by atoms with van der Waals surface area (Å²) in [5.41, 5.74) is -0.652. The van der Waals surface area contributed by atoms with Crippen molar-refractivity contribution in [3.8, 4) is 16.9 Å². The fourth-order valence-corrected chi connectivity index (χ4v) is 5.93. The Morgan fingerprint density at radius 3 is 2.10 bits per heavy atom. The molecule has 6 rings (SSSR count). The molecule has 0 amide bonds. The first-order valence-corrected chi connectivity index (χ1v) is 14.0. The Labute approximate surface area is 230 Å². The number of para-hydroxylation sites is 1. The fourth-order valence-electron chi connectivity index (χ4n) is 5.47. The standard InChI is InChI=1S/C32H24F3NO3S/c1-31(2)25-14-8-9-15-27(25)36(28-20-23(16-18-26(28)31)21-10-4-3-5-11-21)30-24-13-7-6-12-22(24)17-19-29(30)39-40(37,38)32(33,34)35/h3-20H,1-2H3. The summed E-state index contributed by atoms with van der Waals surface area (Å²) in [6.07, 6.45) is 0. The zero-order valence-electron chi connectivity index (χ0n) is 21.6. The average molecular weight is 560 g/mol. The molecule has 0 bridgehead atoms. The lowest BCUT2D eigenvalue weighted by atomic mass is 9.73. The van der Waals surface area contributed by atoms with Crippen molar-refractivity contribution in [2.24, 2.45) is 0 Å². The van der Waals surface area contributed by atoms with Gasteiger partial charge in [0.15, 0.2) is 5.75 Å². The first-order valence-electron chi connectivity index (χ1n) is 12.6. The number of fused-ring (bicyclic) bond motifs is 3. The van der Waals surface area contributed by atoms with Crippen molar-refractivity contribution in [1.82, 2.24) is 0 Å².